The minimum Gasteiger partial charge on any atom is -0.494 e. The molecule has 0 spiro atoms. The van der Waals surface area contributed by atoms with Gasteiger partial charge in [-0.1, -0.05) is 12.1 Å². The van der Waals surface area contributed by atoms with Crippen LogP contribution in [-0.2, 0) is 6.42 Å². The molecule has 0 aliphatic rings. The molecule has 86 valence electrons. The summed E-state index contributed by atoms with van der Waals surface area (Å²) in [7, 11) is 0. The number of nitriles is 1. The van der Waals surface area contributed by atoms with Crippen molar-refractivity contribution in [3.05, 3.63) is 29.8 Å². The highest BCUT2D eigenvalue weighted by atomic mass is 16.5. The molecule has 0 aromatic heterocycles. The highest BCUT2D eigenvalue weighted by Crippen LogP contribution is 2.12. The van der Waals surface area contributed by atoms with Crippen LogP contribution in [0.2, 0.25) is 0 Å². The number of benzene rings is 1. The fourth-order valence-corrected chi connectivity index (χ4v) is 1.40. The van der Waals surface area contributed by atoms with Crippen molar-refractivity contribution < 1.29 is 4.74 Å². The summed E-state index contributed by atoms with van der Waals surface area (Å²) in [4.78, 5) is 0. The van der Waals surface area contributed by atoms with Gasteiger partial charge in [0, 0.05) is 6.54 Å². The molecule has 16 heavy (non-hydrogen) atoms. The number of nitrogens with one attached hydrogen (secondary N) is 1. The lowest BCUT2D eigenvalue weighted by molar-refractivity contribution is 0.340. The van der Waals surface area contributed by atoms with E-state index in [0.29, 0.717) is 6.61 Å². The van der Waals surface area contributed by atoms with Crippen molar-refractivity contribution in [1.29, 1.82) is 5.26 Å². The highest BCUT2D eigenvalue weighted by Gasteiger charge is 1.98. The maximum absolute atomic E-state index is 8.60. The molecule has 0 aliphatic heterocycles. The Kier molecular flexibility index (Phi) is 5.38. The number of nitrogens with zero attached hydrogens (tertiary/aromatic N) is 1. The lowest BCUT2D eigenvalue weighted by atomic mass is 10.1. The van der Waals surface area contributed by atoms with Gasteiger partial charge < -0.3 is 10.1 Å². The molecule has 1 N–H and O–H groups in total. The van der Waals surface area contributed by atoms with Gasteiger partial charge in [-0.15, -0.1) is 0 Å². The summed E-state index contributed by atoms with van der Waals surface area (Å²) in [5, 5.41) is 11.7. The molecule has 3 nitrogen and oxygen atoms in total. The highest BCUT2D eigenvalue weighted by molar-refractivity contribution is 5.27. The Hall–Kier alpha value is -1.53. The normalized spacial score (nSPS) is 11.8. The second-order valence-electron chi connectivity index (χ2n) is 3.63. The molecule has 3 heteroatoms. The molecule has 0 aliphatic carbocycles. The maximum Gasteiger partial charge on any atom is 0.119 e. The van der Waals surface area contributed by atoms with Crippen LogP contribution in [0.1, 0.15) is 19.4 Å². The summed E-state index contributed by atoms with van der Waals surface area (Å²) < 4.78 is 5.36. The summed E-state index contributed by atoms with van der Waals surface area (Å²) in [6, 6.07) is 10.1. The van der Waals surface area contributed by atoms with E-state index in [-0.39, 0.29) is 6.04 Å². The van der Waals surface area contributed by atoms with Gasteiger partial charge in [-0.3, -0.25) is 0 Å². The summed E-state index contributed by atoms with van der Waals surface area (Å²) in [6.07, 6.45) is 0.929. The van der Waals surface area contributed by atoms with Crippen molar-refractivity contribution in [2.24, 2.45) is 0 Å². The quantitative estimate of drug-likeness (QED) is 0.795. The van der Waals surface area contributed by atoms with Gasteiger partial charge in [0.15, 0.2) is 0 Å². The van der Waals surface area contributed by atoms with Gasteiger partial charge in [0.2, 0.25) is 0 Å². The first-order chi connectivity index (χ1) is 7.76. The van der Waals surface area contributed by atoms with Crippen LogP contribution in [0.4, 0.5) is 0 Å². The molecular formula is C13H18N2O. The van der Waals surface area contributed by atoms with Crippen LogP contribution in [0.25, 0.3) is 0 Å². The van der Waals surface area contributed by atoms with Gasteiger partial charge in [-0.2, -0.15) is 5.26 Å². The lowest BCUT2D eigenvalue weighted by Gasteiger charge is -2.07. The Morgan fingerprint density at radius 2 is 2.06 bits per heavy atom. The van der Waals surface area contributed by atoms with E-state index in [1.807, 2.05) is 26.0 Å². The van der Waals surface area contributed by atoms with Gasteiger partial charge in [0.05, 0.1) is 18.7 Å². The molecular weight excluding hydrogens is 200 g/mol. The lowest BCUT2D eigenvalue weighted by Crippen LogP contribution is -2.26. The van der Waals surface area contributed by atoms with Crippen molar-refractivity contribution in [2.75, 3.05) is 13.2 Å². The first kappa shape index (κ1) is 12.5. The van der Waals surface area contributed by atoms with Gasteiger partial charge in [-0.05, 0) is 38.0 Å². The third-order valence-electron chi connectivity index (χ3n) is 2.29. The summed E-state index contributed by atoms with van der Waals surface area (Å²) in [5.74, 6) is 0.907. The van der Waals surface area contributed by atoms with E-state index in [4.69, 9.17) is 10.00 Å². The third kappa shape index (κ3) is 4.33. The Labute approximate surface area is 97.0 Å². The Morgan fingerprint density at radius 3 is 2.62 bits per heavy atom. The van der Waals surface area contributed by atoms with Crippen LogP contribution in [0, 0.1) is 11.3 Å². The topological polar surface area (TPSA) is 45.0 Å². The summed E-state index contributed by atoms with van der Waals surface area (Å²) >= 11 is 0. The van der Waals surface area contributed by atoms with E-state index in [1.54, 1.807) is 0 Å². The van der Waals surface area contributed by atoms with Crippen LogP contribution in [0.3, 0.4) is 0 Å². The molecule has 0 saturated heterocycles. The zero-order chi connectivity index (χ0) is 11.8. The molecule has 1 rings (SSSR count). The monoisotopic (exact) mass is 218 g/mol. The largest absolute Gasteiger partial charge is 0.494 e. The van der Waals surface area contributed by atoms with Crippen molar-refractivity contribution in [3.8, 4) is 11.8 Å². The molecule has 1 unspecified atom stereocenters. The zero-order valence-corrected chi connectivity index (χ0v) is 9.86. The smallest absolute Gasteiger partial charge is 0.119 e. The SMILES string of the molecule is CCOc1ccc(CCNC(C)C#N)cc1. The number of ether oxygens (including phenoxy) is 1. The molecule has 0 bridgehead atoms. The molecule has 0 fully saturated rings. The van der Waals surface area contributed by atoms with E-state index in [0.717, 1.165) is 18.7 Å². The first-order valence-corrected chi connectivity index (χ1v) is 5.61. The second-order valence-corrected chi connectivity index (χ2v) is 3.63. The van der Waals surface area contributed by atoms with Gasteiger partial charge in [0.25, 0.3) is 0 Å². The predicted molar refractivity (Wildman–Crippen MR) is 64.4 cm³/mol. The zero-order valence-electron chi connectivity index (χ0n) is 9.86. The second kappa shape index (κ2) is 6.86. The number of hydrogen-bond acceptors (Lipinski definition) is 3. The van der Waals surface area contributed by atoms with Crippen molar-refractivity contribution >= 4 is 0 Å². The van der Waals surface area contributed by atoms with Gasteiger partial charge >= 0.3 is 0 Å². The van der Waals surface area contributed by atoms with Crippen molar-refractivity contribution in [2.45, 2.75) is 26.3 Å². The van der Waals surface area contributed by atoms with Crippen LogP contribution in [0.15, 0.2) is 24.3 Å². The van der Waals surface area contributed by atoms with Gasteiger partial charge in [-0.25, -0.2) is 0 Å². The molecule has 0 heterocycles. The van der Waals surface area contributed by atoms with Crippen molar-refractivity contribution in [1.82, 2.24) is 5.32 Å². The van der Waals surface area contributed by atoms with E-state index in [9.17, 15) is 0 Å². The Bertz CT molecular complexity index is 340. The van der Waals surface area contributed by atoms with E-state index >= 15 is 0 Å². The summed E-state index contributed by atoms with van der Waals surface area (Å²) in [6.45, 7) is 5.35. The van der Waals surface area contributed by atoms with E-state index in [1.165, 1.54) is 5.56 Å². The molecule has 0 radical (unpaired) electrons. The van der Waals surface area contributed by atoms with Crippen molar-refractivity contribution in [3.63, 3.8) is 0 Å². The first-order valence-electron chi connectivity index (χ1n) is 5.61. The standard InChI is InChI=1S/C13H18N2O/c1-3-16-13-6-4-12(5-7-13)8-9-15-11(2)10-14/h4-7,11,15H,3,8-9H2,1-2H3. The number of rotatable bonds is 6. The maximum atomic E-state index is 8.60. The molecule has 1 aromatic rings. The van der Waals surface area contributed by atoms with E-state index < -0.39 is 0 Å². The molecule has 0 amide bonds. The van der Waals surface area contributed by atoms with Crippen LogP contribution < -0.4 is 10.1 Å². The van der Waals surface area contributed by atoms with Crippen LogP contribution >= 0.6 is 0 Å². The molecule has 1 atom stereocenters. The molecule has 1 aromatic carbocycles. The average Bonchev–Trinajstić information content (AvgIpc) is 2.31. The fraction of sp³-hybridized carbons (Fsp3) is 0.462. The predicted octanol–water partition coefficient (Wildman–Crippen LogP) is 2.13. The minimum absolute atomic E-state index is 0.0808. The average molecular weight is 218 g/mol. The third-order valence-corrected chi connectivity index (χ3v) is 2.29. The summed E-state index contributed by atoms with van der Waals surface area (Å²) in [5.41, 5.74) is 1.25. The Morgan fingerprint density at radius 1 is 1.38 bits per heavy atom. The molecule has 0 saturated carbocycles. The van der Waals surface area contributed by atoms with E-state index in [2.05, 4.69) is 23.5 Å². The minimum atomic E-state index is -0.0808. The van der Waals surface area contributed by atoms with Crippen LogP contribution in [-0.4, -0.2) is 19.2 Å². The van der Waals surface area contributed by atoms with Crippen LogP contribution in [0.5, 0.6) is 5.75 Å². The van der Waals surface area contributed by atoms with Gasteiger partial charge in [0.1, 0.15) is 5.75 Å². The fourth-order valence-electron chi connectivity index (χ4n) is 1.40. The number of hydrogen-bond donors (Lipinski definition) is 1. The Balaban J connectivity index is 2.35.